The molecule has 0 spiro atoms. The highest BCUT2D eigenvalue weighted by molar-refractivity contribution is 6.24. The van der Waals surface area contributed by atoms with Gasteiger partial charge in [-0.3, -0.25) is 4.57 Å². The quantitative estimate of drug-likeness (QED) is 0.131. The van der Waals surface area contributed by atoms with E-state index >= 15 is 0 Å². The molecule has 0 aliphatic carbocycles. The first-order valence-electron chi connectivity index (χ1n) is 22.3. The van der Waals surface area contributed by atoms with E-state index in [1.54, 1.807) is 0 Å². The lowest BCUT2D eigenvalue weighted by atomic mass is 9.85. The molecule has 12 aromatic rings. The number of aromatic nitrogens is 5. The second-order valence-corrected chi connectivity index (χ2v) is 19.4. The largest absolute Gasteiger partial charge is 0.309 e. The molecule has 5 heteroatoms. The summed E-state index contributed by atoms with van der Waals surface area (Å²) in [4.78, 5) is 15.9. The first-order valence-corrected chi connectivity index (χ1v) is 22.3. The van der Waals surface area contributed by atoms with E-state index in [0.717, 1.165) is 60.9 Å². The zero-order valence-electron chi connectivity index (χ0n) is 37.0. The maximum atomic E-state index is 5.56. The van der Waals surface area contributed by atoms with Crippen LogP contribution in [0.4, 0.5) is 0 Å². The van der Waals surface area contributed by atoms with E-state index < -0.39 is 0 Å². The molecule has 3 heterocycles. The van der Waals surface area contributed by atoms with Crippen molar-refractivity contribution in [1.29, 1.82) is 0 Å². The second kappa shape index (κ2) is 13.9. The highest BCUT2D eigenvalue weighted by Gasteiger charge is 2.24. The van der Waals surface area contributed by atoms with Crippen LogP contribution >= 0.6 is 0 Å². The molecule has 64 heavy (non-hydrogen) atoms. The van der Waals surface area contributed by atoms with Crippen LogP contribution < -0.4 is 0 Å². The lowest BCUT2D eigenvalue weighted by Crippen LogP contribution is -2.10. The van der Waals surface area contributed by atoms with Gasteiger partial charge in [0, 0.05) is 38.4 Å². The van der Waals surface area contributed by atoms with Crippen LogP contribution in [0.25, 0.3) is 110 Å². The molecule has 9 aromatic carbocycles. The summed E-state index contributed by atoms with van der Waals surface area (Å²) >= 11 is 0. The van der Waals surface area contributed by atoms with E-state index in [2.05, 4.69) is 214 Å². The maximum absolute atomic E-state index is 5.56. The molecule has 5 nitrogen and oxygen atoms in total. The predicted octanol–water partition coefficient (Wildman–Crippen LogP) is 15.5. The molecule has 308 valence electrons. The molecule has 0 radical (unpaired) electrons. The Balaban J connectivity index is 1.07. The van der Waals surface area contributed by atoms with E-state index in [0.29, 0.717) is 5.82 Å². The molecule has 0 N–H and O–H groups in total. The summed E-state index contributed by atoms with van der Waals surface area (Å²) in [5, 5.41) is 11.8. The van der Waals surface area contributed by atoms with Crippen molar-refractivity contribution < 1.29 is 0 Å². The molecule has 0 saturated heterocycles. The number of hydrogen-bond acceptors (Lipinski definition) is 3. The summed E-state index contributed by atoms with van der Waals surface area (Å²) in [5.41, 5.74) is 11.1. The minimum atomic E-state index is 0.0314. The van der Waals surface area contributed by atoms with Crippen LogP contribution in [0.3, 0.4) is 0 Å². The van der Waals surface area contributed by atoms with Gasteiger partial charge in [0.05, 0.1) is 40.1 Å². The first-order chi connectivity index (χ1) is 31.0. The molecule has 0 amide bonds. The van der Waals surface area contributed by atoms with Crippen molar-refractivity contribution >= 4 is 75.9 Å². The Kier molecular flexibility index (Phi) is 8.29. The van der Waals surface area contributed by atoms with Crippen molar-refractivity contribution in [2.75, 3.05) is 0 Å². The molecule has 0 aliphatic heterocycles. The van der Waals surface area contributed by atoms with Crippen LogP contribution in [0.15, 0.2) is 176 Å². The summed E-state index contributed by atoms with van der Waals surface area (Å²) in [6.07, 6.45) is 3.94. The summed E-state index contributed by atoms with van der Waals surface area (Å²) < 4.78 is 4.69. The number of rotatable bonds is 4. The van der Waals surface area contributed by atoms with Crippen LogP contribution in [0.5, 0.6) is 0 Å². The number of benzene rings is 9. The number of fused-ring (bicyclic) bond motifs is 11. The summed E-state index contributed by atoms with van der Waals surface area (Å²) in [7, 11) is 0. The number of hydrogen-bond donors (Lipinski definition) is 0. The zero-order chi connectivity index (χ0) is 43.5. The average Bonchev–Trinajstić information content (AvgIpc) is 3.87. The summed E-state index contributed by atoms with van der Waals surface area (Å²) in [5.74, 6) is 1.53. The zero-order valence-corrected chi connectivity index (χ0v) is 37.0. The Morgan fingerprint density at radius 2 is 0.891 bits per heavy atom. The molecule has 0 aliphatic rings. The van der Waals surface area contributed by atoms with Gasteiger partial charge in [-0.05, 0) is 109 Å². The van der Waals surface area contributed by atoms with Gasteiger partial charge < -0.3 is 4.57 Å². The van der Waals surface area contributed by atoms with Crippen LogP contribution in [0.2, 0.25) is 0 Å². The van der Waals surface area contributed by atoms with Gasteiger partial charge in [-0.2, -0.15) is 0 Å². The van der Waals surface area contributed by atoms with Crippen LogP contribution in [0.1, 0.15) is 52.7 Å². The van der Waals surface area contributed by atoms with Crippen molar-refractivity contribution in [2.24, 2.45) is 0 Å². The van der Waals surface area contributed by atoms with Gasteiger partial charge in [0.2, 0.25) is 0 Å². The molecule has 0 unspecified atom stereocenters. The Morgan fingerprint density at radius 3 is 1.44 bits per heavy atom. The smallest absolute Gasteiger partial charge is 0.160 e. The Morgan fingerprint density at radius 1 is 0.406 bits per heavy atom. The van der Waals surface area contributed by atoms with Crippen LogP contribution in [0, 0.1) is 0 Å². The highest BCUT2D eigenvalue weighted by atomic mass is 15.1. The fraction of sp³-hybridized carbons (Fsp3) is 0.136. The summed E-state index contributed by atoms with van der Waals surface area (Å²) in [6, 6.07) is 59.5. The third-order valence-electron chi connectivity index (χ3n) is 13.3. The fourth-order valence-electron chi connectivity index (χ4n) is 9.96. The van der Waals surface area contributed by atoms with Crippen molar-refractivity contribution in [3.8, 4) is 34.2 Å². The normalized spacial score (nSPS) is 12.5. The molecule has 0 atom stereocenters. The summed E-state index contributed by atoms with van der Waals surface area (Å²) in [6.45, 7) is 13.7. The molecule has 3 aromatic heterocycles. The minimum Gasteiger partial charge on any atom is -0.309 e. The molecule has 0 fully saturated rings. The monoisotopic (exact) mass is 825 g/mol. The van der Waals surface area contributed by atoms with E-state index in [9.17, 15) is 0 Å². The Bertz CT molecular complexity index is 3710. The average molecular weight is 826 g/mol. The maximum Gasteiger partial charge on any atom is 0.160 e. The second-order valence-electron chi connectivity index (χ2n) is 19.4. The lowest BCUT2D eigenvalue weighted by molar-refractivity contribution is 0.590. The van der Waals surface area contributed by atoms with Crippen molar-refractivity contribution in [2.45, 2.75) is 52.4 Å². The predicted molar refractivity (Wildman–Crippen MR) is 269 cm³/mol. The number of imidazole rings is 1. The topological polar surface area (TPSA) is 48.5 Å². The molecule has 0 saturated carbocycles. The van der Waals surface area contributed by atoms with E-state index in [1.165, 1.54) is 54.5 Å². The highest BCUT2D eigenvalue weighted by Crippen LogP contribution is 2.42. The van der Waals surface area contributed by atoms with E-state index in [1.807, 2.05) is 12.4 Å². The van der Waals surface area contributed by atoms with Gasteiger partial charge in [0.1, 0.15) is 5.82 Å². The molecular formula is C59H47N5. The van der Waals surface area contributed by atoms with Gasteiger partial charge in [0.25, 0.3) is 0 Å². The fourth-order valence-corrected chi connectivity index (χ4v) is 9.96. The lowest BCUT2D eigenvalue weighted by Gasteiger charge is -2.19. The Labute approximate surface area is 372 Å². The van der Waals surface area contributed by atoms with Gasteiger partial charge in [-0.1, -0.05) is 151 Å². The molecular weight excluding hydrogens is 779 g/mol. The van der Waals surface area contributed by atoms with Crippen molar-refractivity contribution in [1.82, 2.24) is 24.1 Å². The minimum absolute atomic E-state index is 0.0314. The van der Waals surface area contributed by atoms with Gasteiger partial charge in [-0.15, -0.1) is 0 Å². The molecule has 0 bridgehead atoms. The first kappa shape index (κ1) is 38.1. The molecule has 12 rings (SSSR count). The third kappa shape index (κ3) is 5.87. The van der Waals surface area contributed by atoms with Crippen LogP contribution in [-0.4, -0.2) is 24.1 Å². The Hall–Kier alpha value is -7.63. The van der Waals surface area contributed by atoms with Crippen molar-refractivity contribution in [3.05, 3.63) is 187 Å². The van der Waals surface area contributed by atoms with E-state index in [4.69, 9.17) is 15.0 Å². The van der Waals surface area contributed by atoms with Gasteiger partial charge in [0.15, 0.2) is 5.82 Å². The van der Waals surface area contributed by atoms with Crippen molar-refractivity contribution in [3.63, 3.8) is 0 Å². The van der Waals surface area contributed by atoms with Gasteiger partial charge in [-0.25, -0.2) is 15.0 Å². The SMILES string of the molecule is CC(C)(C)c1ccc2c(c1)c1cc(C(C)(C)C)ccc1n2-c1ccc(-c2nc3c4ccccc4c4ccccc4c3n2-c2cnc(-c3c4ccccc4cc4ccccc34)nc2)cc1. The number of nitrogens with zero attached hydrogens (tertiary/aromatic N) is 5. The standard InChI is InChI=1S/C59H47N5/c1-58(2,3)39-25-29-51-49(32-39)50-33-40(59(4,5)6)26-30-52(50)63(51)41-27-23-36(24-28-41)57-62-54-47-21-13-11-19-45(47)46-20-12-14-22-48(46)55(54)64(57)42-34-60-56(61-35-42)53-43-17-9-7-15-37(43)31-38-16-8-10-18-44(38)53/h7-35H,1-6H3. The van der Waals surface area contributed by atoms with Crippen LogP contribution in [-0.2, 0) is 10.8 Å². The third-order valence-corrected chi connectivity index (χ3v) is 13.3. The van der Waals surface area contributed by atoms with E-state index in [-0.39, 0.29) is 10.8 Å². The van der Waals surface area contributed by atoms with Gasteiger partial charge >= 0.3 is 0 Å².